The van der Waals surface area contributed by atoms with Crippen LogP contribution < -0.4 is 0 Å². The Balaban J connectivity index is 1.67. The Bertz CT molecular complexity index is 1590. The minimum atomic E-state index is -0.464. The molecular formula is C29H16ClNO4. The van der Waals surface area contributed by atoms with Crippen LogP contribution in [0.1, 0.15) is 28.2 Å². The maximum Gasteiger partial charge on any atom is 0.269 e. The van der Waals surface area contributed by atoms with Crippen molar-refractivity contribution in [1.29, 1.82) is 0 Å². The number of non-ortho nitro benzene ring substituents is 1. The molecule has 0 saturated carbocycles. The summed E-state index contributed by atoms with van der Waals surface area (Å²) in [5.74, 6) is -0.894. The van der Waals surface area contributed by atoms with Crippen LogP contribution in [-0.4, -0.2) is 16.5 Å². The van der Waals surface area contributed by atoms with Crippen LogP contribution in [0, 0.1) is 10.1 Å². The van der Waals surface area contributed by atoms with Gasteiger partial charge in [0.25, 0.3) is 5.69 Å². The first-order chi connectivity index (χ1) is 16.9. The van der Waals surface area contributed by atoms with Gasteiger partial charge in [0.15, 0.2) is 11.6 Å². The second-order valence-electron chi connectivity index (χ2n) is 8.57. The van der Waals surface area contributed by atoms with E-state index in [-0.39, 0.29) is 17.3 Å². The molecule has 0 aromatic heterocycles. The van der Waals surface area contributed by atoms with Crippen LogP contribution in [0.3, 0.4) is 0 Å². The number of nitrogens with zero attached hydrogens (tertiary/aromatic N) is 1. The van der Waals surface area contributed by atoms with Gasteiger partial charge in [-0.2, -0.15) is 0 Å². The summed E-state index contributed by atoms with van der Waals surface area (Å²) in [6.07, 6.45) is 4.60. The Morgan fingerprint density at radius 3 is 2.17 bits per heavy atom. The molecule has 168 valence electrons. The molecule has 3 aliphatic carbocycles. The third kappa shape index (κ3) is 3.24. The molecule has 0 aliphatic heterocycles. The molecule has 3 aromatic carbocycles. The lowest BCUT2D eigenvalue weighted by Gasteiger charge is -2.28. The van der Waals surface area contributed by atoms with Crippen LogP contribution >= 0.6 is 11.6 Å². The average Bonchev–Trinajstić information content (AvgIpc) is 3.23. The third-order valence-corrected chi connectivity index (χ3v) is 6.91. The predicted octanol–water partition coefficient (Wildman–Crippen LogP) is 6.25. The van der Waals surface area contributed by atoms with Crippen LogP contribution in [0.25, 0.3) is 11.1 Å². The van der Waals surface area contributed by atoms with Crippen molar-refractivity contribution in [2.75, 3.05) is 0 Å². The monoisotopic (exact) mass is 477 g/mol. The first-order valence-corrected chi connectivity index (χ1v) is 11.4. The van der Waals surface area contributed by atoms with Gasteiger partial charge in [-0.05, 0) is 81.5 Å². The predicted molar refractivity (Wildman–Crippen MR) is 134 cm³/mol. The van der Waals surface area contributed by atoms with Gasteiger partial charge in [-0.3, -0.25) is 19.7 Å². The van der Waals surface area contributed by atoms with Gasteiger partial charge in [-0.1, -0.05) is 48.0 Å². The van der Waals surface area contributed by atoms with Crippen LogP contribution in [0.2, 0.25) is 5.02 Å². The van der Waals surface area contributed by atoms with E-state index in [2.05, 4.69) is 0 Å². The van der Waals surface area contributed by atoms with Gasteiger partial charge in [0.05, 0.1) is 4.92 Å². The van der Waals surface area contributed by atoms with Crippen molar-refractivity contribution >= 4 is 40.0 Å². The molecule has 3 aliphatic rings. The topological polar surface area (TPSA) is 77.3 Å². The van der Waals surface area contributed by atoms with Crippen molar-refractivity contribution < 1.29 is 14.5 Å². The Morgan fingerprint density at radius 1 is 0.800 bits per heavy atom. The van der Waals surface area contributed by atoms with E-state index < -0.39 is 10.8 Å². The van der Waals surface area contributed by atoms with Crippen molar-refractivity contribution in [3.8, 4) is 0 Å². The summed E-state index contributed by atoms with van der Waals surface area (Å²) in [5.41, 5.74) is 6.52. The number of nitro groups is 1. The van der Waals surface area contributed by atoms with E-state index in [0.29, 0.717) is 27.3 Å². The second-order valence-corrected chi connectivity index (χ2v) is 9.01. The number of hydrogen-bond acceptors (Lipinski definition) is 4. The van der Waals surface area contributed by atoms with Crippen molar-refractivity contribution in [1.82, 2.24) is 0 Å². The highest BCUT2D eigenvalue weighted by Gasteiger charge is 2.43. The molecule has 3 aromatic rings. The first kappa shape index (κ1) is 21.2. The molecule has 0 amide bonds. The van der Waals surface area contributed by atoms with Crippen molar-refractivity contribution in [2.45, 2.75) is 5.92 Å². The zero-order valence-corrected chi connectivity index (χ0v) is 19.0. The largest absolute Gasteiger partial charge is 0.289 e. The summed E-state index contributed by atoms with van der Waals surface area (Å²) in [6.45, 7) is 0. The molecule has 6 rings (SSSR count). The smallest absolute Gasteiger partial charge is 0.269 e. The summed E-state index contributed by atoms with van der Waals surface area (Å²) < 4.78 is 0. The SMILES string of the molecule is O=C1C=CC(=O)C2=C(c3ccc([N+](=O)[O-])cc3)C3C(=C12)C=C(c1ccccc1)c1ccc(Cl)cc13. The van der Waals surface area contributed by atoms with Crippen LogP contribution in [0.5, 0.6) is 0 Å². The summed E-state index contributed by atoms with van der Waals surface area (Å²) in [5, 5.41) is 11.8. The van der Waals surface area contributed by atoms with Gasteiger partial charge >= 0.3 is 0 Å². The van der Waals surface area contributed by atoms with Gasteiger partial charge in [-0.25, -0.2) is 0 Å². The van der Waals surface area contributed by atoms with E-state index in [1.165, 1.54) is 24.3 Å². The molecule has 0 N–H and O–H groups in total. The molecule has 6 heteroatoms. The Labute approximate surface area is 205 Å². The lowest BCUT2D eigenvalue weighted by molar-refractivity contribution is -0.384. The number of allylic oxidation sites excluding steroid dienone is 7. The van der Waals surface area contributed by atoms with Crippen molar-refractivity contribution in [3.05, 3.63) is 145 Å². The van der Waals surface area contributed by atoms with E-state index in [1.54, 1.807) is 12.1 Å². The van der Waals surface area contributed by atoms with Crippen LogP contribution in [-0.2, 0) is 9.59 Å². The molecule has 0 radical (unpaired) electrons. The number of hydrogen-bond donors (Lipinski definition) is 0. The Kier molecular flexibility index (Phi) is 4.76. The molecule has 0 fully saturated rings. The zero-order chi connectivity index (χ0) is 24.3. The normalized spacial score (nSPS) is 18.3. The van der Waals surface area contributed by atoms with Crippen LogP contribution in [0.4, 0.5) is 5.69 Å². The van der Waals surface area contributed by atoms with Crippen molar-refractivity contribution in [2.24, 2.45) is 0 Å². The number of ketones is 2. The van der Waals surface area contributed by atoms with E-state index in [1.807, 2.05) is 54.6 Å². The Hall–Kier alpha value is -4.35. The highest BCUT2D eigenvalue weighted by Crippen LogP contribution is 2.55. The molecule has 35 heavy (non-hydrogen) atoms. The van der Waals surface area contributed by atoms with Gasteiger partial charge in [-0.15, -0.1) is 0 Å². The summed E-state index contributed by atoms with van der Waals surface area (Å²) in [6, 6.07) is 21.6. The fourth-order valence-electron chi connectivity index (χ4n) is 5.22. The number of fused-ring (bicyclic) bond motifs is 4. The third-order valence-electron chi connectivity index (χ3n) is 6.68. The standard InChI is InChI=1S/C29H16ClNO4/c30-18-8-11-20-21(16-4-2-1-3-5-16)15-23-27(22(20)14-18)26(17-6-9-19(10-7-17)31(34)35)29-25(33)13-12-24(32)28(23)29/h1-15,27H. The van der Waals surface area contributed by atoms with Crippen molar-refractivity contribution in [3.63, 3.8) is 0 Å². The number of carbonyl (C=O) groups is 2. The van der Waals surface area contributed by atoms with Gasteiger partial charge in [0.2, 0.25) is 0 Å². The van der Waals surface area contributed by atoms with E-state index in [9.17, 15) is 19.7 Å². The minimum absolute atomic E-state index is 0.0463. The maximum absolute atomic E-state index is 13.2. The molecule has 5 nitrogen and oxygen atoms in total. The molecule has 0 heterocycles. The molecule has 1 atom stereocenters. The lowest BCUT2D eigenvalue weighted by atomic mass is 9.75. The highest BCUT2D eigenvalue weighted by atomic mass is 35.5. The summed E-state index contributed by atoms with van der Waals surface area (Å²) >= 11 is 6.45. The quantitative estimate of drug-likeness (QED) is 0.330. The highest BCUT2D eigenvalue weighted by molar-refractivity contribution is 6.32. The molecular weight excluding hydrogens is 462 g/mol. The molecule has 0 spiro atoms. The van der Waals surface area contributed by atoms with Crippen LogP contribution in [0.15, 0.2) is 108 Å². The zero-order valence-electron chi connectivity index (χ0n) is 18.2. The first-order valence-electron chi connectivity index (χ1n) is 11.0. The lowest BCUT2D eigenvalue weighted by Crippen LogP contribution is -2.14. The van der Waals surface area contributed by atoms with Gasteiger partial charge in [0, 0.05) is 34.2 Å². The second kappa shape index (κ2) is 7.86. The van der Waals surface area contributed by atoms with E-state index in [0.717, 1.165) is 27.8 Å². The number of rotatable bonds is 3. The van der Waals surface area contributed by atoms with E-state index >= 15 is 0 Å². The maximum atomic E-state index is 13.2. The fraction of sp³-hybridized carbons (Fsp3) is 0.0345. The summed E-state index contributed by atoms with van der Waals surface area (Å²) in [4.78, 5) is 37.1. The molecule has 1 unspecified atom stereocenters. The fourth-order valence-corrected chi connectivity index (χ4v) is 5.40. The Morgan fingerprint density at radius 2 is 1.49 bits per heavy atom. The number of carbonyl (C=O) groups excluding carboxylic acids is 2. The molecule has 0 saturated heterocycles. The minimum Gasteiger partial charge on any atom is -0.289 e. The average molecular weight is 478 g/mol. The summed E-state index contributed by atoms with van der Waals surface area (Å²) in [7, 11) is 0. The van der Waals surface area contributed by atoms with Gasteiger partial charge < -0.3 is 0 Å². The van der Waals surface area contributed by atoms with E-state index in [4.69, 9.17) is 11.6 Å². The number of halogens is 1. The van der Waals surface area contributed by atoms with Gasteiger partial charge in [0.1, 0.15) is 0 Å². The molecule has 0 bridgehead atoms. The number of benzene rings is 3. The number of nitro benzene ring substituents is 1.